The van der Waals surface area contributed by atoms with E-state index in [1.165, 1.54) is 7.11 Å². The summed E-state index contributed by atoms with van der Waals surface area (Å²) in [5.41, 5.74) is 1.30. The van der Waals surface area contributed by atoms with Gasteiger partial charge in [0.2, 0.25) is 0 Å². The number of nitriles is 1. The van der Waals surface area contributed by atoms with Crippen molar-refractivity contribution in [2.45, 2.75) is 12.5 Å². The maximum atomic E-state index is 15.9. The zero-order valence-corrected chi connectivity index (χ0v) is 17.8. The van der Waals surface area contributed by atoms with E-state index in [1.54, 1.807) is 18.3 Å². The zero-order valence-electron chi connectivity index (χ0n) is 17.8. The Hall–Kier alpha value is -3.83. The summed E-state index contributed by atoms with van der Waals surface area (Å²) in [6.07, 6.45) is 2.57. The highest BCUT2D eigenvalue weighted by Gasteiger charge is 2.25. The predicted octanol–water partition coefficient (Wildman–Crippen LogP) is 3.66. The van der Waals surface area contributed by atoms with Crippen LogP contribution in [0.25, 0.3) is 32.9 Å². The van der Waals surface area contributed by atoms with Crippen molar-refractivity contribution in [3.05, 3.63) is 54.0 Å². The van der Waals surface area contributed by atoms with Gasteiger partial charge in [0.25, 0.3) is 0 Å². The lowest BCUT2D eigenvalue weighted by atomic mass is 9.97. The van der Waals surface area contributed by atoms with Gasteiger partial charge in [-0.15, -0.1) is 0 Å². The highest BCUT2D eigenvalue weighted by molar-refractivity contribution is 6.01. The van der Waals surface area contributed by atoms with Crippen molar-refractivity contribution in [1.82, 2.24) is 20.3 Å². The number of halogens is 1. The summed E-state index contributed by atoms with van der Waals surface area (Å²) in [5.74, 6) is 0.0109. The lowest BCUT2D eigenvalue weighted by Gasteiger charge is -2.26. The van der Waals surface area contributed by atoms with Crippen molar-refractivity contribution < 1.29 is 9.13 Å². The fourth-order valence-electron chi connectivity index (χ4n) is 4.34. The zero-order chi connectivity index (χ0) is 22.2. The molecule has 5 rings (SSSR count). The van der Waals surface area contributed by atoms with Gasteiger partial charge < -0.3 is 15.0 Å². The first-order valence-electron chi connectivity index (χ1n) is 10.4. The number of likely N-dealkylation sites (N-methyl/N-ethyl adjacent to an activating group) is 1. The third-order valence-corrected chi connectivity index (χ3v) is 6.02. The quantitative estimate of drug-likeness (QED) is 0.531. The Morgan fingerprint density at radius 1 is 1.22 bits per heavy atom. The number of fused-ring (bicyclic) bond motifs is 2. The van der Waals surface area contributed by atoms with Crippen molar-refractivity contribution >= 4 is 27.5 Å². The average molecular weight is 428 g/mol. The summed E-state index contributed by atoms with van der Waals surface area (Å²) in [7, 11) is 3.40. The van der Waals surface area contributed by atoms with Gasteiger partial charge in [0.05, 0.1) is 24.1 Å². The van der Waals surface area contributed by atoms with Gasteiger partial charge in [-0.3, -0.25) is 4.98 Å². The number of hydrogen-bond donors (Lipinski definition) is 1. The number of benzene rings is 2. The third-order valence-electron chi connectivity index (χ3n) is 6.02. The molecule has 1 saturated heterocycles. The Kier molecular flexibility index (Phi) is 5.04. The maximum absolute atomic E-state index is 15.9. The molecule has 7 nitrogen and oxygen atoms in total. The van der Waals surface area contributed by atoms with Crippen LogP contribution in [-0.4, -0.2) is 48.2 Å². The summed E-state index contributed by atoms with van der Waals surface area (Å²) >= 11 is 0. The van der Waals surface area contributed by atoms with Gasteiger partial charge in [-0.2, -0.15) is 15.2 Å². The Bertz CT molecular complexity index is 1370. The number of anilines is 1. The Morgan fingerprint density at radius 2 is 2.03 bits per heavy atom. The fraction of sp³-hybridized carbons (Fsp3) is 0.250. The number of hydrogen-bond acceptors (Lipinski definition) is 7. The molecule has 1 atom stereocenters. The van der Waals surface area contributed by atoms with E-state index in [-0.39, 0.29) is 23.3 Å². The highest BCUT2D eigenvalue weighted by atomic mass is 19.1. The van der Waals surface area contributed by atoms with Gasteiger partial charge in [0, 0.05) is 36.8 Å². The average Bonchev–Trinajstić information content (AvgIpc) is 3.38. The van der Waals surface area contributed by atoms with Crippen LogP contribution in [0.1, 0.15) is 12.0 Å². The molecule has 1 fully saturated rings. The molecule has 1 unspecified atom stereocenters. The molecule has 2 aromatic carbocycles. The van der Waals surface area contributed by atoms with Crippen molar-refractivity contribution in [2.75, 3.05) is 32.1 Å². The van der Waals surface area contributed by atoms with E-state index in [0.29, 0.717) is 27.7 Å². The minimum atomic E-state index is -0.567. The van der Waals surface area contributed by atoms with E-state index in [0.717, 1.165) is 24.9 Å². The topological polar surface area (TPSA) is 87.0 Å². The number of nitrogens with one attached hydrogen (secondary N) is 1. The standard InChI is InChI=1S/C24H21FN6O/c1-31(16-9-10-27-12-16)23-18-13-28-21(20(25)22(18)29-24(30-23)32-2)17-8-4-6-14-5-3-7-15(11-26)19(14)17/h3-8,13,16,27H,9-10,12H2,1-2H3. The Labute approximate surface area is 184 Å². The number of pyridine rings is 1. The summed E-state index contributed by atoms with van der Waals surface area (Å²) in [4.78, 5) is 15.3. The smallest absolute Gasteiger partial charge is 0.318 e. The molecule has 3 heterocycles. The molecule has 160 valence electrons. The molecule has 8 heteroatoms. The van der Waals surface area contributed by atoms with Gasteiger partial charge in [-0.1, -0.05) is 30.3 Å². The monoisotopic (exact) mass is 428 g/mol. The Balaban J connectivity index is 1.75. The Morgan fingerprint density at radius 3 is 2.75 bits per heavy atom. The van der Waals surface area contributed by atoms with E-state index in [2.05, 4.69) is 26.3 Å². The third kappa shape index (κ3) is 3.18. The van der Waals surface area contributed by atoms with Crippen LogP contribution in [0, 0.1) is 17.1 Å². The van der Waals surface area contributed by atoms with Crippen LogP contribution in [0.3, 0.4) is 0 Å². The molecule has 0 bridgehead atoms. The number of nitrogens with zero attached hydrogens (tertiary/aromatic N) is 5. The molecule has 1 aliphatic heterocycles. The van der Waals surface area contributed by atoms with Crippen LogP contribution < -0.4 is 15.0 Å². The fourth-order valence-corrected chi connectivity index (χ4v) is 4.34. The molecule has 1 aliphatic rings. The maximum Gasteiger partial charge on any atom is 0.318 e. The number of rotatable bonds is 4. The van der Waals surface area contributed by atoms with Crippen molar-refractivity contribution in [3.8, 4) is 23.3 Å². The SMILES string of the molecule is COc1nc(N(C)C2CCNC2)c2cnc(-c3cccc4cccc(C#N)c34)c(F)c2n1. The van der Waals surface area contributed by atoms with Crippen molar-refractivity contribution in [3.63, 3.8) is 0 Å². The molecule has 0 aliphatic carbocycles. The van der Waals surface area contributed by atoms with E-state index < -0.39 is 5.82 Å². The van der Waals surface area contributed by atoms with E-state index in [1.807, 2.05) is 36.2 Å². The molecular formula is C24H21FN6O. The lowest BCUT2D eigenvalue weighted by Crippen LogP contribution is -2.34. The predicted molar refractivity (Wildman–Crippen MR) is 121 cm³/mol. The first-order chi connectivity index (χ1) is 15.6. The van der Waals surface area contributed by atoms with E-state index >= 15 is 4.39 Å². The van der Waals surface area contributed by atoms with Crippen molar-refractivity contribution in [2.24, 2.45) is 0 Å². The summed E-state index contributed by atoms with van der Waals surface area (Å²) in [5, 5.41) is 15.0. The van der Waals surface area contributed by atoms with Gasteiger partial charge in [0.15, 0.2) is 5.82 Å². The molecule has 0 saturated carbocycles. The summed E-state index contributed by atoms with van der Waals surface area (Å²) < 4.78 is 21.2. The second kappa shape index (κ2) is 8.02. The van der Waals surface area contributed by atoms with Crippen LogP contribution in [0.5, 0.6) is 6.01 Å². The van der Waals surface area contributed by atoms with Crippen molar-refractivity contribution in [1.29, 1.82) is 5.26 Å². The van der Waals surface area contributed by atoms with Gasteiger partial charge in [-0.05, 0) is 24.4 Å². The molecule has 4 aromatic rings. The highest BCUT2D eigenvalue weighted by Crippen LogP contribution is 2.36. The molecule has 0 amide bonds. The van der Waals surface area contributed by atoms with Gasteiger partial charge >= 0.3 is 6.01 Å². The molecule has 1 N–H and O–H groups in total. The number of methoxy groups -OCH3 is 1. The van der Waals surface area contributed by atoms with Crippen LogP contribution >= 0.6 is 0 Å². The van der Waals surface area contributed by atoms with Crippen LogP contribution in [0.4, 0.5) is 10.2 Å². The lowest BCUT2D eigenvalue weighted by molar-refractivity contribution is 0.381. The van der Waals surface area contributed by atoms with Crippen LogP contribution in [-0.2, 0) is 0 Å². The molecule has 0 radical (unpaired) electrons. The van der Waals surface area contributed by atoms with Crippen LogP contribution in [0.2, 0.25) is 0 Å². The van der Waals surface area contributed by atoms with E-state index in [4.69, 9.17) is 4.74 Å². The van der Waals surface area contributed by atoms with Gasteiger partial charge in [-0.25, -0.2) is 4.39 Å². The summed E-state index contributed by atoms with van der Waals surface area (Å²) in [6.45, 7) is 1.75. The normalized spacial score (nSPS) is 15.8. The number of aromatic nitrogens is 3. The first kappa shape index (κ1) is 20.1. The largest absolute Gasteiger partial charge is 0.467 e. The molecular weight excluding hydrogens is 407 g/mol. The minimum Gasteiger partial charge on any atom is -0.467 e. The molecule has 32 heavy (non-hydrogen) atoms. The first-order valence-corrected chi connectivity index (χ1v) is 10.4. The van der Waals surface area contributed by atoms with Gasteiger partial charge in [0.1, 0.15) is 17.0 Å². The molecule has 0 spiro atoms. The number of ether oxygens (including phenoxy) is 1. The second-order valence-electron chi connectivity index (χ2n) is 7.80. The second-order valence-corrected chi connectivity index (χ2v) is 7.80. The molecule has 2 aromatic heterocycles. The van der Waals surface area contributed by atoms with E-state index in [9.17, 15) is 5.26 Å². The summed E-state index contributed by atoms with van der Waals surface area (Å²) in [6, 6.07) is 13.5. The van der Waals surface area contributed by atoms with Crippen LogP contribution in [0.15, 0.2) is 42.6 Å². The minimum absolute atomic E-state index is 0.0944.